The molecule has 1 amide bonds. The third-order valence-corrected chi connectivity index (χ3v) is 4.52. The first-order valence-electron chi connectivity index (χ1n) is 8.22. The van der Waals surface area contributed by atoms with Crippen molar-refractivity contribution in [2.24, 2.45) is 5.10 Å². The lowest BCUT2D eigenvalue weighted by molar-refractivity contribution is -0.297. The highest BCUT2D eigenvalue weighted by atomic mass is 19.4. The van der Waals surface area contributed by atoms with Crippen LogP contribution in [0, 0.1) is 6.92 Å². The van der Waals surface area contributed by atoms with E-state index in [0.29, 0.717) is 16.9 Å². The molecule has 28 heavy (non-hydrogen) atoms. The Morgan fingerprint density at radius 2 is 1.86 bits per heavy atom. The average Bonchev–Trinajstić information content (AvgIpc) is 3.02. The van der Waals surface area contributed by atoms with Crippen LogP contribution in [0.15, 0.2) is 47.6 Å². The number of aliphatic hydroxyl groups is 1. The Labute approximate surface area is 158 Å². The molecule has 3 rings (SSSR count). The number of aryl methyl sites for hydroxylation is 1. The fourth-order valence-electron chi connectivity index (χ4n) is 2.87. The van der Waals surface area contributed by atoms with Gasteiger partial charge in [0.2, 0.25) is 0 Å². The van der Waals surface area contributed by atoms with Crippen molar-refractivity contribution < 1.29 is 32.9 Å². The van der Waals surface area contributed by atoms with E-state index in [2.05, 4.69) is 5.10 Å². The second-order valence-corrected chi connectivity index (χ2v) is 6.35. The van der Waals surface area contributed by atoms with Gasteiger partial charge in [0.05, 0.1) is 24.8 Å². The number of hydrazone groups is 1. The number of nitrogens with zero attached hydrogens (tertiary/aromatic N) is 2. The van der Waals surface area contributed by atoms with Crippen LogP contribution in [0.5, 0.6) is 11.5 Å². The minimum Gasteiger partial charge on any atom is -0.507 e. The van der Waals surface area contributed by atoms with Gasteiger partial charge in [-0.05, 0) is 48.4 Å². The number of aromatic hydroxyl groups is 1. The monoisotopic (exact) mass is 394 g/mol. The Hall–Kier alpha value is -3.07. The van der Waals surface area contributed by atoms with Crippen molar-refractivity contribution in [2.45, 2.75) is 25.2 Å². The zero-order valence-electron chi connectivity index (χ0n) is 15.0. The highest BCUT2D eigenvalue weighted by molar-refractivity contribution is 6.06. The van der Waals surface area contributed by atoms with Gasteiger partial charge >= 0.3 is 6.18 Å². The summed E-state index contributed by atoms with van der Waals surface area (Å²) in [4.78, 5) is 12.7. The number of amides is 1. The van der Waals surface area contributed by atoms with Gasteiger partial charge in [-0.1, -0.05) is 12.1 Å². The van der Waals surface area contributed by atoms with Crippen LogP contribution in [0.2, 0.25) is 0 Å². The number of carbonyl (C=O) groups excluding carboxylic acids is 1. The zero-order valence-corrected chi connectivity index (χ0v) is 15.0. The summed E-state index contributed by atoms with van der Waals surface area (Å²) in [7, 11) is 1.44. The number of benzene rings is 2. The maximum atomic E-state index is 13.7. The Morgan fingerprint density at radius 1 is 1.21 bits per heavy atom. The standard InChI is InChI=1S/C19H17F3N2O4/c1-11-4-3-5-14(16(11)25)17(26)24-18(27,19(20,21)22)10-15(23-24)12-6-8-13(28-2)9-7-12/h3-9,25,27H,10H2,1-2H3/t18-/m0/s1. The highest BCUT2D eigenvalue weighted by Gasteiger charge is 2.63. The van der Waals surface area contributed by atoms with Crippen molar-refractivity contribution in [1.29, 1.82) is 0 Å². The van der Waals surface area contributed by atoms with Crippen molar-refractivity contribution in [3.05, 3.63) is 59.2 Å². The van der Waals surface area contributed by atoms with Crippen LogP contribution in [0.1, 0.15) is 27.9 Å². The molecule has 1 heterocycles. The van der Waals surface area contributed by atoms with E-state index in [4.69, 9.17) is 4.74 Å². The minimum atomic E-state index is -5.17. The van der Waals surface area contributed by atoms with E-state index in [9.17, 15) is 28.2 Å². The molecule has 6 nitrogen and oxygen atoms in total. The summed E-state index contributed by atoms with van der Waals surface area (Å²) < 4.78 is 46.0. The van der Waals surface area contributed by atoms with E-state index in [-0.39, 0.29) is 16.3 Å². The smallest absolute Gasteiger partial charge is 0.438 e. The minimum absolute atomic E-state index is 0.0128. The fourth-order valence-corrected chi connectivity index (χ4v) is 2.87. The molecule has 1 atom stereocenters. The first kappa shape index (κ1) is 19.7. The molecule has 0 radical (unpaired) electrons. The summed E-state index contributed by atoms with van der Waals surface area (Å²) >= 11 is 0. The highest BCUT2D eigenvalue weighted by Crippen LogP contribution is 2.42. The van der Waals surface area contributed by atoms with Crippen molar-refractivity contribution in [1.82, 2.24) is 5.01 Å². The molecule has 0 aliphatic carbocycles. The SMILES string of the molecule is COc1ccc(C2=NN(C(=O)c3cccc(C)c3O)[C@@](O)(C(F)(F)F)C2)cc1. The molecule has 0 spiro atoms. The summed E-state index contributed by atoms with van der Waals surface area (Å²) in [6.45, 7) is 1.50. The Morgan fingerprint density at radius 3 is 2.43 bits per heavy atom. The molecular formula is C19H17F3N2O4. The van der Waals surface area contributed by atoms with E-state index in [1.165, 1.54) is 56.5 Å². The molecule has 0 saturated carbocycles. The van der Waals surface area contributed by atoms with E-state index in [0.717, 1.165) is 0 Å². The van der Waals surface area contributed by atoms with Gasteiger partial charge in [0.25, 0.3) is 11.6 Å². The molecule has 2 aromatic carbocycles. The number of phenolic OH excluding ortho intramolecular Hbond substituents is 1. The van der Waals surface area contributed by atoms with Gasteiger partial charge in [-0.25, -0.2) is 0 Å². The van der Waals surface area contributed by atoms with Crippen LogP contribution in [-0.4, -0.2) is 45.9 Å². The van der Waals surface area contributed by atoms with E-state index in [1.807, 2.05) is 0 Å². The molecule has 0 unspecified atom stereocenters. The molecule has 2 aromatic rings. The first-order valence-corrected chi connectivity index (χ1v) is 8.22. The Balaban J connectivity index is 2.07. The van der Waals surface area contributed by atoms with Crippen LogP contribution in [0.3, 0.4) is 0 Å². The second kappa shape index (κ2) is 6.83. The van der Waals surface area contributed by atoms with Crippen molar-refractivity contribution in [2.75, 3.05) is 7.11 Å². The quantitative estimate of drug-likeness (QED) is 0.838. The number of hydrogen-bond acceptors (Lipinski definition) is 5. The third kappa shape index (κ3) is 3.18. The van der Waals surface area contributed by atoms with E-state index >= 15 is 0 Å². The normalized spacial score (nSPS) is 19.5. The molecule has 9 heteroatoms. The zero-order chi connectivity index (χ0) is 20.7. The number of halogens is 3. The lowest BCUT2D eigenvalue weighted by Gasteiger charge is -2.32. The first-order chi connectivity index (χ1) is 13.1. The number of hydrogen-bond donors (Lipinski definition) is 2. The number of methoxy groups -OCH3 is 1. The van der Waals surface area contributed by atoms with Gasteiger partial charge in [-0.15, -0.1) is 0 Å². The molecular weight excluding hydrogens is 377 g/mol. The van der Waals surface area contributed by atoms with Crippen LogP contribution in [0.4, 0.5) is 13.2 Å². The largest absolute Gasteiger partial charge is 0.507 e. The van der Waals surface area contributed by atoms with E-state index < -0.39 is 30.0 Å². The van der Waals surface area contributed by atoms with Crippen LogP contribution < -0.4 is 4.74 Å². The summed E-state index contributed by atoms with van der Waals surface area (Å²) in [5.74, 6) is -1.24. The topological polar surface area (TPSA) is 82.4 Å². The van der Waals surface area contributed by atoms with Crippen molar-refractivity contribution in [3.8, 4) is 11.5 Å². The van der Waals surface area contributed by atoms with Crippen LogP contribution >= 0.6 is 0 Å². The summed E-state index contributed by atoms with van der Waals surface area (Å²) in [6, 6.07) is 10.1. The molecule has 2 N–H and O–H groups in total. The van der Waals surface area contributed by atoms with Gasteiger partial charge in [0.1, 0.15) is 11.5 Å². The number of phenols is 1. The van der Waals surface area contributed by atoms with Gasteiger partial charge in [-0.2, -0.15) is 23.3 Å². The lowest BCUT2D eigenvalue weighted by Crippen LogP contribution is -2.56. The van der Waals surface area contributed by atoms with Crippen molar-refractivity contribution >= 4 is 11.6 Å². The summed E-state index contributed by atoms with van der Waals surface area (Å²) in [6.07, 6.45) is -6.11. The molecule has 0 aromatic heterocycles. The van der Waals surface area contributed by atoms with Crippen LogP contribution in [0.25, 0.3) is 0 Å². The molecule has 0 saturated heterocycles. The maximum absolute atomic E-state index is 13.7. The summed E-state index contributed by atoms with van der Waals surface area (Å²) in [5.41, 5.74) is -3.44. The molecule has 0 fully saturated rings. The number of para-hydroxylation sites is 1. The average molecular weight is 394 g/mol. The number of rotatable bonds is 3. The molecule has 148 valence electrons. The molecule has 1 aliphatic rings. The third-order valence-electron chi connectivity index (χ3n) is 4.52. The predicted octanol–water partition coefficient (Wildman–Crippen LogP) is 3.21. The number of alkyl halides is 3. The Bertz CT molecular complexity index is 941. The summed E-state index contributed by atoms with van der Waals surface area (Å²) in [5, 5.41) is 24.2. The molecule has 1 aliphatic heterocycles. The van der Waals surface area contributed by atoms with Gasteiger partial charge in [0, 0.05) is 0 Å². The second-order valence-electron chi connectivity index (χ2n) is 6.35. The Kier molecular flexibility index (Phi) is 4.80. The van der Waals surface area contributed by atoms with E-state index in [1.54, 1.807) is 0 Å². The molecule has 0 bridgehead atoms. The predicted molar refractivity (Wildman–Crippen MR) is 94.2 cm³/mol. The van der Waals surface area contributed by atoms with Gasteiger partial charge in [-0.3, -0.25) is 4.79 Å². The number of carbonyl (C=O) groups is 1. The maximum Gasteiger partial charge on any atom is 0.438 e. The fraction of sp³-hybridized carbons (Fsp3) is 0.263. The van der Waals surface area contributed by atoms with Gasteiger partial charge in [0.15, 0.2) is 0 Å². The van der Waals surface area contributed by atoms with Crippen molar-refractivity contribution in [3.63, 3.8) is 0 Å². The number of ether oxygens (including phenoxy) is 1. The van der Waals surface area contributed by atoms with Gasteiger partial charge < -0.3 is 14.9 Å². The van der Waals surface area contributed by atoms with Crippen LogP contribution in [-0.2, 0) is 0 Å². The lowest BCUT2D eigenvalue weighted by atomic mass is 10.00.